The average Bonchev–Trinajstić information content (AvgIpc) is 2.03. The van der Waals surface area contributed by atoms with Gasteiger partial charge in [0.15, 0.2) is 0 Å². The van der Waals surface area contributed by atoms with Crippen molar-refractivity contribution in [3.05, 3.63) is 0 Å². The smallest absolute Gasteiger partial charge is 0 e. The summed E-state index contributed by atoms with van der Waals surface area (Å²) in [5.74, 6) is 0. The van der Waals surface area contributed by atoms with Crippen molar-refractivity contribution in [3.8, 4) is 0 Å². The second-order valence-corrected chi connectivity index (χ2v) is 3.26. The molecule has 12 heavy (non-hydrogen) atoms. The molecule has 0 aliphatic carbocycles. The fourth-order valence-electron chi connectivity index (χ4n) is 1.28. The van der Waals surface area contributed by atoms with E-state index in [1.165, 1.54) is 51.4 Å². The molecule has 0 aromatic carbocycles. The van der Waals surface area contributed by atoms with Crippen molar-refractivity contribution in [1.29, 1.82) is 0 Å². The van der Waals surface area contributed by atoms with Gasteiger partial charge in [-0.1, -0.05) is 51.9 Å². The van der Waals surface area contributed by atoms with Crippen molar-refractivity contribution >= 4 is 37.7 Å². The maximum Gasteiger partial charge on any atom is 0 e. The third-order valence-corrected chi connectivity index (χ3v) is 2.06. The van der Waals surface area contributed by atoms with Crippen LogP contribution < -0.4 is 5.73 Å². The molecule has 0 amide bonds. The maximum absolute atomic E-state index is 5.39. The summed E-state index contributed by atoms with van der Waals surface area (Å²) in [6.07, 6.45) is 11.0. The summed E-state index contributed by atoms with van der Waals surface area (Å²) in [6, 6.07) is 0. The van der Waals surface area contributed by atoms with Crippen LogP contribution in [0, 0.1) is 0 Å². The standard InChI is InChI=1S/C10H23N.Ca/c1-2-3-4-5-6-7-8-9-10-11;/h2-11H2,1H3;. The molecule has 0 atom stereocenters. The molecule has 0 unspecified atom stereocenters. The topological polar surface area (TPSA) is 26.0 Å². The van der Waals surface area contributed by atoms with Gasteiger partial charge in [0, 0.05) is 37.7 Å². The normalized spacial score (nSPS) is 9.50. The molecule has 0 bridgehead atoms. The number of nitrogens with two attached hydrogens (primary N) is 1. The van der Waals surface area contributed by atoms with Crippen LogP contribution in [-0.4, -0.2) is 44.3 Å². The van der Waals surface area contributed by atoms with E-state index in [4.69, 9.17) is 5.73 Å². The Kier molecular flexibility index (Phi) is 19.2. The van der Waals surface area contributed by atoms with Gasteiger partial charge >= 0.3 is 0 Å². The van der Waals surface area contributed by atoms with E-state index in [9.17, 15) is 0 Å². The molecule has 0 fully saturated rings. The number of hydrogen-bond donors (Lipinski definition) is 1. The Bertz CT molecular complexity index is 58.9. The summed E-state index contributed by atoms with van der Waals surface area (Å²) in [7, 11) is 0. The van der Waals surface area contributed by atoms with Gasteiger partial charge in [-0.25, -0.2) is 0 Å². The Labute approximate surface area is 107 Å². The summed E-state index contributed by atoms with van der Waals surface area (Å²) < 4.78 is 0. The largest absolute Gasteiger partial charge is 0.330 e. The summed E-state index contributed by atoms with van der Waals surface area (Å²) in [5.41, 5.74) is 5.39. The van der Waals surface area contributed by atoms with Crippen LogP contribution in [0.4, 0.5) is 0 Å². The first-order chi connectivity index (χ1) is 5.41. The Morgan fingerprint density at radius 1 is 0.750 bits per heavy atom. The van der Waals surface area contributed by atoms with Crippen LogP contribution in [0.5, 0.6) is 0 Å². The van der Waals surface area contributed by atoms with Crippen molar-refractivity contribution < 1.29 is 0 Å². The van der Waals surface area contributed by atoms with Crippen molar-refractivity contribution in [2.24, 2.45) is 5.73 Å². The van der Waals surface area contributed by atoms with Gasteiger partial charge in [-0.2, -0.15) is 0 Å². The minimum atomic E-state index is 0. The van der Waals surface area contributed by atoms with E-state index in [2.05, 4.69) is 6.92 Å². The fourth-order valence-corrected chi connectivity index (χ4v) is 1.28. The van der Waals surface area contributed by atoms with Crippen LogP contribution in [0.2, 0.25) is 0 Å². The second kappa shape index (κ2) is 14.7. The predicted molar refractivity (Wildman–Crippen MR) is 57.4 cm³/mol. The first-order valence-electron chi connectivity index (χ1n) is 5.12. The quantitative estimate of drug-likeness (QED) is 0.470. The van der Waals surface area contributed by atoms with Gasteiger partial charge in [0.1, 0.15) is 0 Å². The van der Waals surface area contributed by atoms with E-state index >= 15 is 0 Å². The molecule has 0 rings (SSSR count). The Hall–Kier alpha value is 1.22. The van der Waals surface area contributed by atoms with Gasteiger partial charge in [0.05, 0.1) is 0 Å². The van der Waals surface area contributed by atoms with Crippen molar-refractivity contribution in [1.82, 2.24) is 0 Å². The van der Waals surface area contributed by atoms with E-state index in [0.717, 1.165) is 6.54 Å². The molecule has 0 aliphatic rings. The molecule has 0 saturated carbocycles. The molecule has 1 nitrogen and oxygen atoms in total. The molecule has 0 saturated heterocycles. The first-order valence-corrected chi connectivity index (χ1v) is 5.12. The van der Waals surface area contributed by atoms with Gasteiger partial charge in [-0.3, -0.25) is 0 Å². The van der Waals surface area contributed by atoms with E-state index in [-0.39, 0.29) is 37.7 Å². The van der Waals surface area contributed by atoms with Gasteiger partial charge in [0.25, 0.3) is 0 Å². The van der Waals surface area contributed by atoms with Crippen molar-refractivity contribution in [3.63, 3.8) is 0 Å². The molecular weight excluding hydrogens is 174 g/mol. The van der Waals surface area contributed by atoms with Gasteiger partial charge in [-0.15, -0.1) is 0 Å². The van der Waals surface area contributed by atoms with E-state index in [1.807, 2.05) is 0 Å². The van der Waals surface area contributed by atoms with E-state index < -0.39 is 0 Å². The average molecular weight is 197 g/mol. The Morgan fingerprint density at radius 2 is 1.17 bits per heavy atom. The molecule has 0 spiro atoms. The summed E-state index contributed by atoms with van der Waals surface area (Å²) >= 11 is 0. The monoisotopic (exact) mass is 197 g/mol. The molecule has 0 aromatic rings. The first kappa shape index (κ1) is 15.7. The SMILES string of the molecule is CCCCCCCCCCN.[Ca]. The third kappa shape index (κ3) is 13.8. The number of unbranched alkanes of at least 4 members (excludes halogenated alkanes) is 7. The minimum absolute atomic E-state index is 0. The zero-order valence-electron chi connectivity index (χ0n) is 8.65. The third-order valence-electron chi connectivity index (χ3n) is 2.06. The summed E-state index contributed by atoms with van der Waals surface area (Å²) in [5, 5.41) is 0. The van der Waals surface area contributed by atoms with Crippen LogP contribution in [0.1, 0.15) is 58.3 Å². The van der Waals surface area contributed by atoms with Gasteiger partial charge < -0.3 is 5.73 Å². The number of rotatable bonds is 8. The van der Waals surface area contributed by atoms with Gasteiger partial charge in [-0.05, 0) is 13.0 Å². The Balaban J connectivity index is 0. The van der Waals surface area contributed by atoms with Crippen LogP contribution in [0.3, 0.4) is 0 Å². The maximum atomic E-state index is 5.39. The van der Waals surface area contributed by atoms with Gasteiger partial charge in [0.2, 0.25) is 0 Å². The van der Waals surface area contributed by atoms with Crippen LogP contribution >= 0.6 is 0 Å². The van der Waals surface area contributed by atoms with Crippen LogP contribution in [0.25, 0.3) is 0 Å². The summed E-state index contributed by atoms with van der Waals surface area (Å²) in [4.78, 5) is 0. The molecule has 2 heteroatoms. The van der Waals surface area contributed by atoms with Crippen molar-refractivity contribution in [2.45, 2.75) is 58.3 Å². The second-order valence-electron chi connectivity index (χ2n) is 3.26. The van der Waals surface area contributed by atoms with Crippen LogP contribution in [-0.2, 0) is 0 Å². The molecule has 0 aliphatic heterocycles. The van der Waals surface area contributed by atoms with Crippen LogP contribution in [0.15, 0.2) is 0 Å². The molecule has 2 N–H and O–H groups in total. The molecular formula is C10H23CaN. The Morgan fingerprint density at radius 3 is 1.58 bits per heavy atom. The zero-order valence-corrected chi connectivity index (χ0v) is 10.9. The summed E-state index contributed by atoms with van der Waals surface area (Å²) in [6.45, 7) is 3.13. The molecule has 70 valence electrons. The van der Waals surface area contributed by atoms with E-state index in [1.54, 1.807) is 0 Å². The van der Waals surface area contributed by atoms with Crippen molar-refractivity contribution in [2.75, 3.05) is 6.54 Å². The minimum Gasteiger partial charge on any atom is -0.330 e. The predicted octanol–water partition coefficient (Wildman–Crippen LogP) is 2.71. The molecule has 2 radical (unpaired) electrons. The molecule has 0 heterocycles. The van der Waals surface area contributed by atoms with E-state index in [0.29, 0.717) is 0 Å². The zero-order chi connectivity index (χ0) is 8.36. The number of hydrogen-bond acceptors (Lipinski definition) is 1. The molecule has 0 aromatic heterocycles. The fraction of sp³-hybridized carbons (Fsp3) is 1.00.